The molecule has 0 saturated heterocycles. The molecule has 0 aliphatic carbocycles. The van der Waals surface area contributed by atoms with E-state index in [1.165, 1.54) is 16.8 Å². The highest BCUT2D eigenvalue weighted by molar-refractivity contribution is 7.08. The van der Waals surface area contributed by atoms with Crippen LogP contribution in [0.25, 0.3) is 11.3 Å². The first-order valence-corrected chi connectivity index (χ1v) is 6.11. The SMILES string of the molecule is CC1Cc2[nH]nc(-c3ccsc3)c2CN1. The third kappa shape index (κ3) is 1.50. The summed E-state index contributed by atoms with van der Waals surface area (Å²) in [5, 5.41) is 15.3. The summed E-state index contributed by atoms with van der Waals surface area (Å²) >= 11 is 1.71. The lowest BCUT2D eigenvalue weighted by atomic mass is 10.0. The van der Waals surface area contributed by atoms with Gasteiger partial charge in [0.05, 0.1) is 5.69 Å². The highest BCUT2D eigenvalue weighted by Crippen LogP contribution is 2.28. The first-order chi connectivity index (χ1) is 7.34. The molecule has 3 rings (SSSR count). The monoisotopic (exact) mass is 219 g/mol. The smallest absolute Gasteiger partial charge is 0.0976 e. The number of aromatic amines is 1. The molecule has 3 nitrogen and oxygen atoms in total. The Kier molecular flexibility index (Phi) is 2.11. The fourth-order valence-electron chi connectivity index (χ4n) is 2.05. The van der Waals surface area contributed by atoms with Gasteiger partial charge in [0.2, 0.25) is 0 Å². The molecule has 4 heteroatoms. The summed E-state index contributed by atoms with van der Waals surface area (Å²) in [7, 11) is 0. The predicted octanol–water partition coefficient (Wildman–Crippen LogP) is 2.17. The van der Waals surface area contributed by atoms with Crippen molar-refractivity contribution in [1.29, 1.82) is 0 Å². The molecule has 0 spiro atoms. The molecule has 2 N–H and O–H groups in total. The summed E-state index contributed by atoms with van der Waals surface area (Å²) in [5.41, 5.74) is 4.98. The van der Waals surface area contributed by atoms with Crippen LogP contribution in [0.15, 0.2) is 16.8 Å². The van der Waals surface area contributed by atoms with Gasteiger partial charge in [-0.05, 0) is 18.4 Å². The predicted molar refractivity (Wildman–Crippen MR) is 61.9 cm³/mol. The van der Waals surface area contributed by atoms with E-state index >= 15 is 0 Å². The molecular formula is C11H13N3S. The quantitative estimate of drug-likeness (QED) is 0.771. The highest BCUT2D eigenvalue weighted by atomic mass is 32.1. The molecule has 0 amide bonds. The Hall–Kier alpha value is -1.13. The fraction of sp³-hybridized carbons (Fsp3) is 0.364. The minimum atomic E-state index is 0.549. The van der Waals surface area contributed by atoms with E-state index in [1.54, 1.807) is 11.3 Å². The summed E-state index contributed by atoms with van der Waals surface area (Å²) in [4.78, 5) is 0. The van der Waals surface area contributed by atoms with E-state index in [0.717, 1.165) is 18.7 Å². The van der Waals surface area contributed by atoms with Gasteiger partial charge in [0.1, 0.15) is 0 Å². The van der Waals surface area contributed by atoms with Gasteiger partial charge in [-0.3, -0.25) is 5.10 Å². The Bertz CT molecular complexity index is 458. The molecule has 1 unspecified atom stereocenters. The van der Waals surface area contributed by atoms with Crippen LogP contribution in [0, 0.1) is 0 Å². The fourth-order valence-corrected chi connectivity index (χ4v) is 2.69. The maximum absolute atomic E-state index is 4.42. The zero-order valence-electron chi connectivity index (χ0n) is 8.58. The molecule has 2 aromatic rings. The van der Waals surface area contributed by atoms with Crippen molar-refractivity contribution in [3.8, 4) is 11.3 Å². The number of hydrogen-bond donors (Lipinski definition) is 2. The van der Waals surface area contributed by atoms with Crippen molar-refractivity contribution in [2.45, 2.75) is 25.9 Å². The zero-order chi connectivity index (χ0) is 10.3. The van der Waals surface area contributed by atoms with Crippen molar-refractivity contribution in [1.82, 2.24) is 15.5 Å². The summed E-state index contributed by atoms with van der Waals surface area (Å²) in [6.45, 7) is 3.13. The zero-order valence-corrected chi connectivity index (χ0v) is 9.40. The van der Waals surface area contributed by atoms with Crippen LogP contribution in [0.3, 0.4) is 0 Å². The molecule has 0 bridgehead atoms. The Balaban J connectivity index is 2.05. The van der Waals surface area contributed by atoms with Gasteiger partial charge in [0.15, 0.2) is 0 Å². The van der Waals surface area contributed by atoms with Gasteiger partial charge in [-0.1, -0.05) is 0 Å². The van der Waals surface area contributed by atoms with Crippen LogP contribution in [0.4, 0.5) is 0 Å². The number of hydrogen-bond acceptors (Lipinski definition) is 3. The van der Waals surface area contributed by atoms with Crippen LogP contribution in [0.2, 0.25) is 0 Å². The Morgan fingerprint density at radius 3 is 3.27 bits per heavy atom. The molecule has 0 radical (unpaired) electrons. The number of nitrogens with one attached hydrogen (secondary N) is 2. The van der Waals surface area contributed by atoms with Crippen LogP contribution < -0.4 is 5.32 Å². The number of rotatable bonds is 1. The van der Waals surface area contributed by atoms with Crippen molar-refractivity contribution in [2.75, 3.05) is 0 Å². The molecule has 3 heterocycles. The summed E-state index contributed by atoms with van der Waals surface area (Å²) < 4.78 is 0. The molecule has 0 saturated carbocycles. The standard InChI is InChI=1S/C11H13N3S/c1-7-4-10-9(5-12-7)11(14-13-10)8-2-3-15-6-8/h2-3,6-7,12H,4-5H2,1H3,(H,13,14). The largest absolute Gasteiger partial charge is 0.310 e. The van der Waals surface area contributed by atoms with Gasteiger partial charge in [0, 0.05) is 41.2 Å². The van der Waals surface area contributed by atoms with E-state index < -0.39 is 0 Å². The lowest BCUT2D eigenvalue weighted by Crippen LogP contribution is -2.32. The molecule has 1 aliphatic heterocycles. The lowest BCUT2D eigenvalue weighted by Gasteiger charge is -2.19. The Labute approximate surface area is 92.5 Å². The summed E-state index contributed by atoms with van der Waals surface area (Å²) in [6.07, 6.45) is 1.05. The summed E-state index contributed by atoms with van der Waals surface area (Å²) in [6, 6.07) is 2.67. The van der Waals surface area contributed by atoms with Crippen LogP contribution >= 0.6 is 11.3 Å². The molecule has 15 heavy (non-hydrogen) atoms. The Morgan fingerprint density at radius 2 is 2.47 bits per heavy atom. The number of fused-ring (bicyclic) bond motifs is 1. The van der Waals surface area contributed by atoms with Crippen LogP contribution in [-0.4, -0.2) is 16.2 Å². The minimum Gasteiger partial charge on any atom is -0.310 e. The van der Waals surface area contributed by atoms with E-state index in [9.17, 15) is 0 Å². The van der Waals surface area contributed by atoms with Crippen LogP contribution in [0.5, 0.6) is 0 Å². The third-order valence-electron chi connectivity index (χ3n) is 2.89. The lowest BCUT2D eigenvalue weighted by molar-refractivity contribution is 0.509. The van der Waals surface area contributed by atoms with E-state index in [4.69, 9.17) is 0 Å². The van der Waals surface area contributed by atoms with Gasteiger partial charge in [0.25, 0.3) is 0 Å². The molecule has 1 aliphatic rings. The Morgan fingerprint density at radius 1 is 1.53 bits per heavy atom. The second-order valence-corrected chi connectivity index (χ2v) is 4.81. The molecule has 1 atom stereocenters. The normalized spacial score (nSPS) is 20.2. The summed E-state index contributed by atoms with van der Waals surface area (Å²) in [5.74, 6) is 0. The number of nitrogens with zero attached hydrogens (tertiary/aromatic N) is 1. The van der Waals surface area contributed by atoms with Gasteiger partial charge in [-0.2, -0.15) is 16.4 Å². The number of H-pyrrole nitrogens is 1. The van der Waals surface area contributed by atoms with E-state index in [-0.39, 0.29) is 0 Å². The maximum atomic E-state index is 4.42. The maximum Gasteiger partial charge on any atom is 0.0976 e. The van der Waals surface area contributed by atoms with Crippen molar-refractivity contribution >= 4 is 11.3 Å². The molecule has 0 fully saturated rings. The second-order valence-electron chi connectivity index (χ2n) is 4.03. The van der Waals surface area contributed by atoms with Gasteiger partial charge >= 0.3 is 0 Å². The number of aromatic nitrogens is 2. The van der Waals surface area contributed by atoms with Crippen molar-refractivity contribution < 1.29 is 0 Å². The molecule has 0 aromatic carbocycles. The highest BCUT2D eigenvalue weighted by Gasteiger charge is 2.20. The first kappa shape index (κ1) is 9.12. The van der Waals surface area contributed by atoms with Crippen molar-refractivity contribution in [2.24, 2.45) is 0 Å². The molecular weight excluding hydrogens is 206 g/mol. The third-order valence-corrected chi connectivity index (χ3v) is 3.57. The molecule has 78 valence electrons. The average Bonchev–Trinajstić information content (AvgIpc) is 2.82. The molecule has 2 aromatic heterocycles. The average molecular weight is 219 g/mol. The minimum absolute atomic E-state index is 0.549. The van der Waals surface area contributed by atoms with Crippen LogP contribution in [-0.2, 0) is 13.0 Å². The van der Waals surface area contributed by atoms with Gasteiger partial charge in [-0.25, -0.2) is 0 Å². The second kappa shape index (κ2) is 3.47. The topological polar surface area (TPSA) is 40.7 Å². The van der Waals surface area contributed by atoms with Gasteiger partial charge < -0.3 is 5.32 Å². The van der Waals surface area contributed by atoms with Gasteiger partial charge in [-0.15, -0.1) is 0 Å². The first-order valence-electron chi connectivity index (χ1n) is 5.16. The van der Waals surface area contributed by atoms with E-state index in [0.29, 0.717) is 6.04 Å². The van der Waals surface area contributed by atoms with E-state index in [2.05, 4.69) is 39.3 Å². The number of thiophene rings is 1. The van der Waals surface area contributed by atoms with Crippen molar-refractivity contribution in [3.63, 3.8) is 0 Å². The van der Waals surface area contributed by atoms with Crippen LogP contribution in [0.1, 0.15) is 18.2 Å². The van der Waals surface area contributed by atoms with Crippen molar-refractivity contribution in [3.05, 3.63) is 28.1 Å². The van der Waals surface area contributed by atoms with E-state index in [1.807, 2.05) is 0 Å².